The van der Waals surface area contributed by atoms with Crippen LogP contribution < -0.4 is 15.5 Å². The second-order valence-electron chi connectivity index (χ2n) is 11.9. The van der Waals surface area contributed by atoms with E-state index in [0.717, 1.165) is 32.7 Å². The van der Waals surface area contributed by atoms with Crippen molar-refractivity contribution in [1.29, 1.82) is 0 Å². The number of nitrogens with one attached hydrogen (secondary N) is 2. The molecule has 7 heteroatoms. The van der Waals surface area contributed by atoms with Crippen LogP contribution in [0.15, 0.2) is 0 Å². The first-order valence-electron chi connectivity index (χ1n) is 12.3. The first-order valence-corrected chi connectivity index (χ1v) is 12.3. The summed E-state index contributed by atoms with van der Waals surface area (Å²) >= 11 is 0. The number of hydrogen-bond acceptors (Lipinski definition) is 7. The fourth-order valence-electron chi connectivity index (χ4n) is 2.75. The van der Waals surface area contributed by atoms with Crippen LogP contribution in [0.2, 0.25) is 0 Å². The zero-order valence-electron chi connectivity index (χ0n) is 23.3. The molecule has 1 heterocycles. The van der Waals surface area contributed by atoms with Gasteiger partial charge >= 0.3 is 0 Å². The van der Waals surface area contributed by atoms with Crippen LogP contribution in [0.1, 0.15) is 90.0 Å². The van der Waals surface area contributed by atoms with Crippen LogP contribution in [-0.4, -0.2) is 63.7 Å². The van der Waals surface area contributed by atoms with Gasteiger partial charge in [0.2, 0.25) is 17.8 Å². The molecule has 0 amide bonds. The second kappa shape index (κ2) is 10.5. The van der Waals surface area contributed by atoms with Gasteiger partial charge in [-0.2, -0.15) is 15.0 Å². The van der Waals surface area contributed by atoms with Gasteiger partial charge in [-0.25, -0.2) is 0 Å². The van der Waals surface area contributed by atoms with Gasteiger partial charge in [0.1, 0.15) is 0 Å². The fraction of sp³-hybridized carbons (Fsp3) is 0.880. The summed E-state index contributed by atoms with van der Waals surface area (Å²) in [6, 6.07) is 0. The van der Waals surface area contributed by atoms with Crippen LogP contribution in [0.4, 0.5) is 17.8 Å². The Bertz CT molecular complexity index is 664. The SMILES string of the molecule is CCN(CC)CCN(CC)c1nc(NC(C)(C)C(C)(C)C)nc(NC(C)(C)C(C)(C)C)n1. The van der Waals surface area contributed by atoms with Crippen LogP contribution in [0, 0.1) is 10.8 Å². The van der Waals surface area contributed by atoms with Crippen molar-refractivity contribution in [3.05, 3.63) is 0 Å². The van der Waals surface area contributed by atoms with E-state index in [1.165, 1.54) is 0 Å². The lowest BCUT2D eigenvalue weighted by atomic mass is 9.76. The molecule has 0 bridgehead atoms. The number of nitrogens with zero attached hydrogens (tertiary/aromatic N) is 5. The molecule has 1 rings (SSSR count). The lowest BCUT2D eigenvalue weighted by Crippen LogP contribution is -2.46. The Hall–Kier alpha value is -1.63. The van der Waals surface area contributed by atoms with Crippen molar-refractivity contribution in [3.63, 3.8) is 0 Å². The van der Waals surface area contributed by atoms with Crippen molar-refractivity contribution in [1.82, 2.24) is 19.9 Å². The van der Waals surface area contributed by atoms with Gasteiger partial charge < -0.3 is 20.4 Å². The molecule has 7 nitrogen and oxygen atoms in total. The molecule has 0 aromatic carbocycles. The number of likely N-dealkylation sites (N-methyl/N-ethyl adjacent to an activating group) is 2. The van der Waals surface area contributed by atoms with Gasteiger partial charge in [0.25, 0.3) is 0 Å². The summed E-state index contributed by atoms with van der Waals surface area (Å²) < 4.78 is 0. The Labute approximate surface area is 198 Å². The van der Waals surface area contributed by atoms with Gasteiger partial charge in [0, 0.05) is 30.7 Å². The minimum atomic E-state index is -0.194. The number of hydrogen-bond donors (Lipinski definition) is 2. The zero-order valence-corrected chi connectivity index (χ0v) is 23.3. The highest BCUT2D eigenvalue weighted by Crippen LogP contribution is 2.34. The Balaban J connectivity index is 3.38. The van der Waals surface area contributed by atoms with Crippen molar-refractivity contribution < 1.29 is 0 Å². The van der Waals surface area contributed by atoms with Crippen LogP contribution >= 0.6 is 0 Å². The van der Waals surface area contributed by atoms with Crippen LogP contribution in [0.5, 0.6) is 0 Å². The summed E-state index contributed by atoms with van der Waals surface area (Å²) in [7, 11) is 0. The molecule has 2 N–H and O–H groups in total. The molecule has 186 valence electrons. The number of rotatable bonds is 11. The van der Waals surface area contributed by atoms with E-state index in [9.17, 15) is 0 Å². The molecule has 0 aliphatic heterocycles. The van der Waals surface area contributed by atoms with E-state index in [1.807, 2.05) is 0 Å². The first-order chi connectivity index (χ1) is 14.5. The standard InChI is InChI=1S/C25H51N7/c1-14-31(15-2)17-18-32(16-3)21-27-19(29-24(10,11)22(4,5)6)26-20(28-21)30-25(12,13)23(7,8)9/h14-18H2,1-13H3,(H2,26,27,28,29,30). The second-order valence-corrected chi connectivity index (χ2v) is 11.9. The molecular weight excluding hydrogens is 398 g/mol. The summed E-state index contributed by atoms with van der Waals surface area (Å²) in [5, 5.41) is 7.18. The van der Waals surface area contributed by atoms with Gasteiger partial charge in [-0.3, -0.25) is 0 Å². The lowest BCUT2D eigenvalue weighted by Gasteiger charge is -2.41. The summed E-state index contributed by atoms with van der Waals surface area (Å²) in [5.74, 6) is 1.95. The molecule has 1 aromatic rings. The molecule has 0 unspecified atom stereocenters. The number of aromatic nitrogens is 3. The van der Waals surface area contributed by atoms with Crippen molar-refractivity contribution in [2.45, 2.75) is 101 Å². The summed E-state index contributed by atoms with van der Waals surface area (Å²) in [4.78, 5) is 19.2. The Kier molecular flexibility index (Phi) is 9.35. The molecule has 0 aliphatic rings. The molecule has 0 radical (unpaired) electrons. The molecule has 32 heavy (non-hydrogen) atoms. The van der Waals surface area contributed by atoms with Gasteiger partial charge in [-0.1, -0.05) is 55.4 Å². The average Bonchev–Trinajstić information content (AvgIpc) is 2.62. The van der Waals surface area contributed by atoms with Gasteiger partial charge in [0.05, 0.1) is 0 Å². The Morgan fingerprint density at radius 1 is 0.594 bits per heavy atom. The molecule has 0 spiro atoms. The predicted octanol–water partition coefficient (Wildman–Crippen LogP) is 5.51. The van der Waals surface area contributed by atoms with E-state index < -0.39 is 0 Å². The minimum absolute atomic E-state index is 0.0330. The van der Waals surface area contributed by atoms with Crippen molar-refractivity contribution in [3.8, 4) is 0 Å². The van der Waals surface area contributed by atoms with Gasteiger partial charge in [-0.05, 0) is 58.5 Å². The van der Waals surface area contributed by atoms with Gasteiger partial charge in [0.15, 0.2) is 0 Å². The molecule has 0 saturated heterocycles. The molecule has 0 saturated carbocycles. The molecule has 0 atom stereocenters. The highest BCUT2D eigenvalue weighted by atomic mass is 15.3. The maximum absolute atomic E-state index is 4.86. The fourth-order valence-corrected chi connectivity index (χ4v) is 2.75. The van der Waals surface area contributed by atoms with E-state index in [1.54, 1.807) is 0 Å². The summed E-state index contributed by atoms with van der Waals surface area (Å²) in [6.07, 6.45) is 0. The third kappa shape index (κ3) is 7.46. The van der Waals surface area contributed by atoms with Crippen LogP contribution in [0.25, 0.3) is 0 Å². The normalized spacial score (nSPS) is 13.4. The quantitative estimate of drug-likeness (QED) is 0.461. The molecular formula is C25H51N7. The lowest BCUT2D eigenvalue weighted by molar-refractivity contribution is 0.251. The topological polar surface area (TPSA) is 69.2 Å². The van der Waals surface area contributed by atoms with Crippen molar-refractivity contribution >= 4 is 17.8 Å². The third-order valence-electron chi connectivity index (χ3n) is 7.47. The molecule has 0 fully saturated rings. The van der Waals surface area contributed by atoms with Crippen molar-refractivity contribution in [2.75, 3.05) is 48.3 Å². The summed E-state index contributed by atoms with van der Waals surface area (Å²) in [5.41, 5.74) is -0.321. The Morgan fingerprint density at radius 2 is 1.00 bits per heavy atom. The minimum Gasteiger partial charge on any atom is -0.349 e. The summed E-state index contributed by atoms with van der Waals surface area (Å²) in [6.45, 7) is 33.5. The van der Waals surface area contributed by atoms with Crippen molar-refractivity contribution in [2.24, 2.45) is 10.8 Å². The zero-order chi connectivity index (χ0) is 25.0. The number of anilines is 3. The highest BCUT2D eigenvalue weighted by Gasteiger charge is 2.35. The van der Waals surface area contributed by atoms with E-state index in [2.05, 4.69) is 110 Å². The van der Waals surface area contributed by atoms with Gasteiger partial charge in [-0.15, -0.1) is 0 Å². The molecule has 0 aliphatic carbocycles. The maximum atomic E-state index is 4.86. The predicted molar refractivity (Wildman–Crippen MR) is 140 cm³/mol. The van der Waals surface area contributed by atoms with E-state index >= 15 is 0 Å². The van der Waals surface area contributed by atoms with E-state index in [0.29, 0.717) is 17.8 Å². The highest BCUT2D eigenvalue weighted by molar-refractivity contribution is 5.46. The van der Waals surface area contributed by atoms with Crippen LogP contribution in [-0.2, 0) is 0 Å². The smallest absolute Gasteiger partial charge is 0.231 e. The van der Waals surface area contributed by atoms with Crippen LogP contribution in [0.3, 0.4) is 0 Å². The van der Waals surface area contributed by atoms with E-state index in [4.69, 9.17) is 15.0 Å². The maximum Gasteiger partial charge on any atom is 0.231 e. The van der Waals surface area contributed by atoms with E-state index in [-0.39, 0.29) is 21.9 Å². The average molecular weight is 450 g/mol. The first kappa shape index (κ1) is 28.4. The molecule has 1 aromatic heterocycles. The monoisotopic (exact) mass is 449 g/mol. The Morgan fingerprint density at radius 3 is 1.31 bits per heavy atom. The largest absolute Gasteiger partial charge is 0.349 e. The third-order valence-corrected chi connectivity index (χ3v) is 7.47.